The van der Waals surface area contributed by atoms with Crippen molar-refractivity contribution in [3.8, 4) is 0 Å². The summed E-state index contributed by atoms with van der Waals surface area (Å²) in [5, 5.41) is 9.39. The van der Waals surface area contributed by atoms with E-state index in [0.717, 1.165) is 32.1 Å². The second-order valence-corrected chi connectivity index (χ2v) is 4.90. The molecule has 1 saturated heterocycles. The van der Waals surface area contributed by atoms with Crippen molar-refractivity contribution in [2.24, 2.45) is 11.8 Å². The minimum Gasteiger partial charge on any atom is -0.393 e. The normalized spacial score (nSPS) is 37.9. The van der Waals surface area contributed by atoms with E-state index in [-0.39, 0.29) is 12.0 Å². The number of Topliss-reactive ketones (excluding diaryl/α,β-unsaturated/α-hetero) is 1. The van der Waals surface area contributed by atoms with E-state index in [4.69, 9.17) is 4.74 Å². The molecule has 0 bridgehead atoms. The molecule has 0 aromatic rings. The zero-order chi connectivity index (χ0) is 10.7. The number of carbonyl (C=O) groups is 1. The molecule has 1 heterocycles. The van der Waals surface area contributed by atoms with Crippen LogP contribution in [0.5, 0.6) is 0 Å². The van der Waals surface area contributed by atoms with Gasteiger partial charge < -0.3 is 9.84 Å². The number of hydrogen-bond donors (Lipinski definition) is 1. The Balaban J connectivity index is 1.78. The first-order valence-corrected chi connectivity index (χ1v) is 6.04. The molecule has 0 aromatic carbocycles. The Hall–Kier alpha value is -0.410. The van der Waals surface area contributed by atoms with Gasteiger partial charge in [-0.25, -0.2) is 0 Å². The first-order valence-electron chi connectivity index (χ1n) is 6.04. The van der Waals surface area contributed by atoms with E-state index >= 15 is 0 Å². The number of hydrogen-bond acceptors (Lipinski definition) is 3. The van der Waals surface area contributed by atoms with Gasteiger partial charge in [-0.1, -0.05) is 0 Å². The molecule has 1 N–H and O–H groups in total. The Labute approximate surface area is 90.8 Å². The number of aliphatic hydroxyl groups is 1. The average molecular weight is 212 g/mol. The number of rotatable bonds is 2. The van der Waals surface area contributed by atoms with E-state index in [0.29, 0.717) is 31.3 Å². The summed E-state index contributed by atoms with van der Waals surface area (Å²) in [5.74, 6) is 1.15. The van der Waals surface area contributed by atoms with Crippen molar-refractivity contribution in [3.05, 3.63) is 0 Å². The Morgan fingerprint density at radius 2 is 2.00 bits per heavy atom. The lowest BCUT2D eigenvalue weighted by Gasteiger charge is -2.29. The van der Waals surface area contributed by atoms with Gasteiger partial charge in [-0.2, -0.15) is 0 Å². The maximum Gasteiger partial charge on any atom is 0.140 e. The van der Waals surface area contributed by atoms with Crippen molar-refractivity contribution in [1.29, 1.82) is 0 Å². The molecule has 1 atom stereocenters. The van der Waals surface area contributed by atoms with Crippen molar-refractivity contribution in [1.82, 2.24) is 0 Å². The van der Waals surface area contributed by atoms with Crippen molar-refractivity contribution in [3.63, 3.8) is 0 Å². The largest absolute Gasteiger partial charge is 0.393 e. The molecule has 0 spiro atoms. The van der Waals surface area contributed by atoms with Gasteiger partial charge in [0.15, 0.2) is 0 Å². The van der Waals surface area contributed by atoms with E-state index < -0.39 is 0 Å². The highest BCUT2D eigenvalue weighted by Gasteiger charge is 2.28. The number of aliphatic hydroxyl groups excluding tert-OH is 1. The fraction of sp³-hybridized carbons (Fsp3) is 0.917. The molecule has 15 heavy (non-hydrogen) atoms. The van der Waals surface area contributed by atoms with Gasteiger partial charge in [0.2, 0.25) is 0 Å². The fourth-order valence-corrected chi connectivity index (χ4v) is 2.68. The van der Waals surface area contributed by atoms with E-state index in [9.17, 15) is 9.90 Å². The quantitative estimate of drug-likeness (QED) is 0.755. The third-order valence-electron chi connectivity index (χ3n) is 3.70. The Morgan fingerprint density at radius 3 is 2.67 bits per heavy atom. The Morgan fingerprint density at radius 1 is 1.27 bits per heavy atom. The van der Waals surface area contributed by atoms with Crippen LogP contribution in [0, 0.1) is 11.8 Å². The molecule has 2 aliphatic rings. The van der Waals surface area contributed by atoms with Crippen molar-refractivity contribution < 1.29 is 14.6 Å². The molecule has 1 aliphatic carbocycles. The van der Waals surface area contributed by atoms with Crippen LogP contribution in [0.4, 0.5) is 0 Å². The summed E-state index contributed by atoms with van der Waals surface area (Å²) in [5.41, 5.74) is 0. The molecule has 2 rings (SSSR count). The first kappa shape index (κ1) is 11.1. The average Bonchev–Trinajstić information content (AvgIpc) is 2.25. The smallest absolute Gasteiger partial charge is 0.140 e. The van der Waals surface area contributed by atoms with Crippen LogP contribution < -0.4 is 0 Å². The van der Waals surface area contributed by atoms with E-state index in [2.05, 4.69) is 0 Å². The van der Waals surface area contributed by atoms with Crippen LogP contribution in [-0.4, -0.2) is 30.2 Å². The van der Waals surface area contributed by atoms with Crippen molar-refractivity contribution in [2.45, 2.75) is 44.6 Å². The van der Waals surface area contributed by atoms with Crippen LogP contribution in [0.1, 0.15) is 38.5 Å². The van der Waals surface area contributed by atoms with E-state index in [1.165, 1.54) is 0 Å². The van der Waals surface area contributed by atoms with Crippen LogP contribution >= 0.6 is 0 Å². The van der Waals surface area contributed by atoms with E-state index in [1.807, 2.05) is 0 Å². The molecule has 0 aromatic heterocycles. The minimum atomic E-state index is -0.0976. The molecule has 86 valence electrons. The highest BCUT2D eigenvalue weighted by molar-refractivity contribution is 5.81. The second kappa shape index (κ2) is 5.08. The van der Waals surface area contributed by atoms with Crippen LogP contribution in [-0.2, 0) is 9.53 Å². The van der Waals surface area contributed by atoms with Crippen LogP contribution in [0.2, 0.25) is 0 Å². The standard InChI is InChI=1S/C12H20O3/c13-11-3-1-9(2-4-11)7-10-8-15-6-5-12(10)14/h9-11,13H,1-8H2. The third kappa shape index (κ3) is 3.02. The maximum atomic E-state index is 11.6. The highest BCUT2D eigenvalue weighted by Crippen LogP contribution is 2.30. The predicted molar refractivity (Wildman–Crippen MR) is 56.5 cm³/mol. The zero-order valence-corrected chi connectivity index (χ0v) is 9.15. The lowest BCUT2D eigenvalue weighted by Crippen LogP contribution is -2.30. The Kier molecular flexibility index (Phi) is 3.76. The SMILES string of the molecule is O=C1CCOCC1CC1CCC(O)CC1. The van der Waals surface area contributed by atoms with Crippen LogP contribution in [0.25, 0.3) is 0 Å². The van der Waals surface area contributed by atoms with Gasteiger partial charge in [0.1, 0.15) is 5.78 Å². The third-order valence-corrected chi connectivity index (χ3v) is 3.70. The molecule has 1 saturated carbocycles. The second-order valence-electron chi connectivity index (χ2n) is 4.90. The number of ether oxygens (including phenoxy) is 1. The minimum absolute atomic E-state index is 0.0976. The molecular weight excluding hydrogens is 192 g/mol. The molecule has 1 aliphatic heterocycles. The fourth-order valence-electron chi connectivity index (χ4n) is 2.68. The summed E-state index contributed by atoms with van der Waals surface area (Å²) in [7, 11) is 0. The van der Waals surface area contributed by atoms with Gasteiger partial charge in [-0.05, 0) is 38.0 Å². The zero-order valence-electron chi connectivity index (χ0n) is 9.15. The predicted octanol–water partition coefficient (Wildman–Crippen LogP) is 1.53. The molecule has 2 fully saturated rings. The summed E-state index contributed by atoms with van der Waals surface area (Å²) in [6.07, 6.45) is 5.44. The summed E-state index contributed by atoms with van der Waals surface area (Å²) >= 11 is 0. The van der Waals surface area contributed by atoms with Gasteiger partial charge in [0.25, 0.3) is 0 Å². The highest BCUT2D eigenvalue weighted by atomic mass is 16.5. The molecule has 3 heteroatoms. The lowest BCUT2D eigenvalue weighted by molar-refractivity contribution is -0.131. The van der Waals surface area contributed by atoms with Gasteiger partial charge >= 0.3 is 0 Å². The molecular formula is C12H20O3. The van der Waals surface area contributed by atoms with Crippen LogP contribution in [0.3, 0.4) is 0 Å². The molecule has 3 nitrogen and oxygen atoms in total. The molecule has 1 unspecified atom stereocenters. The lowest BCUT2D eigenvalue weighted by atomic mass is 9.80. The van der Waals surface area contributed by atoms with Gasteiger partial charge in [-0.15, -0.1) is 0 Å². The summed E-state index contributed by atoms with van der Waals surface area (Å²) in [6.45, 7) is 1.23. The maximum absolute atomic E-state index is 11.6. The summed E-state index contributed by atoms with van der Waals surface area (Å²) < 4.78 is 5.34. The van der Waals surface area contributed by atoms with Gasteiger partial charge in [-0.3, -0.25) is 4.79 Å². The number of ketones is 1. The van der Waals surface area contributed by atoms with Crippen LogP contribution in [0.15, 0.2) is 0 Å². The van der Waals surface area contributed by atoms with Gasteiger partial charge in [0.05, 0.1) is 19.3 Å². The first-order chi connectivity index (χ1) is 7.25. The Bertz CT molecular complexity index is 219. The molecule has 0 amide bonds. The van der Waals surface area contributed by atoms with Gasteiger partial charge in [0, 0.05) is 12.3 Å². The van der Waals surface area contributed by atoms with Crippen molar-refractivity contribution in [2.75, 3.05) is 13.2 Å². The topological polar surface area (TPSA) is 46.5 Å². The van der Waals surface area contributed by atoms with Crippen molar-refractivity contribution >= 4 is 5.78 Å². The number of carbonyl (C=O) groups excluding carboxylic acids is 1. The molecule has 0 radical (unpaired) electrons. The summed E-state index contributed by atoms with van der Waals surface area (Å²) in [6, 6.07) is 0. The van der Waals surface area contributed by atoms with E-state index in [1.54, 1.807) is 0 Å². The monoisotopic (exact) mass is 212 g/mol. The summed E-state index contributed by atoms with van der Waals surface area (Å²) in [4.78, 5) is 11.6.